The van der Waals surface area contributed by atoms with Gasteiger partial charge in [-0.3, -0.25) is 4.79 Å². The van der Waals surface area contributed by atoms with Gasteiger partial charge in [-0.05, 0) is 37.0 Å². The van der Waals surface area contributed by atoms with Crippen LogP contribution < -0.4 is 0 Å². The summed E-state index contributed by atoms with van der Waals surface area (Å²) in [6.45, 7) is 3.55. The van der Waals surface area contributed by atoms with Gasteiger partial charge in [0, 0.05) is 19.3 Å². The molecule has 1 aliphatic rings. The summed E-state index contributed by atoms with van der Waals surface area (Å²) in [6.07, 6.45) is 3.05. The number of hydrogen-bond donors (Lipinski definition) is 0. The highest BCUT2D eigenvalue weighted by molar-refractivity contribution is 7.90. The van der Waals surface area contributed by atoms with E-state index in [0.717, 1.165) is 19.1 Å². The second kappa shape index (κ2) is 5.74. The minimum atomic E-state index is -3.34. The highest BCUT2D eigenvalue weighted by atomic mass is 35.5. The molecule has 0 aromatic heterocycles. The van der Waals surface area contributed by atoms with E-state index in [1.54, 1.807) is 4.90 Å². The normalized spacial score (nSPS) is 17.2. The number of sulfone groups is 1. The Balaban J connectivity index is 2.30. The maximum atomic E-state index is 12.5. The zero-order valence-electron chi connectivity index (χ0n) is 11.6. The largest absolute Gasteiger partial charge is 0.339 e. The van der Waals surface area contributed by atoms with Gasteiger partial charge in [0.05, 0.1) is 15.5 Å². The Morgan fingerprint density at radius 2 is 1.90 bits per heavy atom. The Bertz CT molecular complexity index is 619. The molecule has 0 bridgehead atoms. The molecular weight excluding hydrogens is 298 g/mol. The molecule has 0 saturated carbocycles. The molecule has 0 atom stereocenters. The van der Waals surface area contributed by atoms with Crippen LogP contribution in [0.15, 0.2) is 23.1 Å². The standard InChI is InChI=1S/C14H18ClNO3S/c1-10-5-7-16(8-6-10)14(17)12-9-11(20(2,18)19)3-4-13(12)15/h3-4,9-10H,5-8H2,1-2H3. The number of carbonyl (C=O) groups is 1. The summed E-state index contributed by atoms with van der Waals surface area (Å²) in [5, 5.41) is 0.293. The van der Waals surface area contributed by atoms with E-state index in [1.807, 2.05) is 0 Å². The van der Waals surface area contributed by atoms with Crippen LogP contribution in [0, 0.1) is 5.92 Å². The second-order valence-corrected chi connectivity index (χ2v) is 7.81. The number of carbonyl (C=O) groups excluding carboxylic acids is 1. The number of rotatable bonds is 2. The van der Waals surface area contributed by atoms with Crippen LogP contribution in [-0.4, -0.2) is 38.6 Å². The molecule has 20 heavy (non-hydrogen) atoms. The predicted octanol–water partition coefficient (Wildman–Crippen LogP) is 2.62. The lowest BCUT2D eigenvalue weighted by Gasteiger charge is -2.30. The fourth-order valence-corrected chi connectivity index (χ4v) is 3.13. The monoisotopic (exact) mass is 315 g/mol. The third-order valence-corrected chi connectivity index (χ3v) is 5.11. The maximum Gasteiger partial charge on any atom is 0.255 e. The summed E-state index contributed by atoms with van der Waals surface area (Å²) in [5.74, 6) is 0.435. The van der Waals surface area contributed by atoms with E-state index in [-0.39, 0.29) is 16.4 Å². The Morgan fingerprint density at radius 1 is 1.30 bits per heavy atom. The fraction of sp³-hybridized carbons (Fsp3) is 0.500. The number of piperidine rings is 1. The van der Waals surface area contributed by atoms with E-state index in [4.69, 9.17) is 11.6 Å². The lowest BCUT2D eigenvalue weighted by molar-refractivity contribution is 0.0697. The minimum absolute atomic E-state index is 0.121. The van der Waals surface area contributed by atoms with Crippen molar-refractivity contribution in [1.29, 1.82) is 0 Å². The van der Waals surface area contributed by atoms with Gasteiger partial charge in [0.15, 0.2) is 9.84 Å². The van der Waals surface area contributed by atoms with E-state index in [1.165, 1.54) is 18.2 Å². The molecule has 1 amide bonds. The first-order valence-electron chi connectivity index (χ1n) is 6.58. The molecule has 1 aromatic carbocycles. The molecule has 1 aromatic rings. The van der Waals surface area contributed by atoms with Crippen molar-refractivity contribution in [3.8, 4) is 0 Å². The van der Waals surface area contributed by atoms with Crippen molar-refractivity contribution in [3.05, 3.63) is 28.8 Å². The van der Waals surface area contributed by atoms with E-state index in [9.17, 15) is 13.2 Å². The molecule has 4 nitrogen and oxygen atoms in total. The molecule has 1 heterocycles. The van der Waals surface area contributed by atoms with Gasteiger partial charge in [-0.2, -0.15) is 0 Å². The second-order valence-electron chi connectivity index (χ2n) is 5.39. The Kier molecular flexibility index (Phi) is 4.39. The molecule has 0 unspecified atom stereocenters. The van der Waals surface area contributed by atoms with Gasteiger partial charge in [-0.15, -0.1) is 0 Å². The van der Waals surface area contributed by atoms with E-state index >= 15 is 0 Å². The maximum absolute atomic E-state index is 12.5. The van der Waals surface area contributed by atoms with Crippen LogP contribution in [0.2, 0.25) is 5.02 Å². The van der Waals surface area contributed by atoms with Crippen LogP contribution in [0.4, 0.5) is 0 Å². The van der Waals surface area contributed by atoms with Gasteiger partial charge in [0.1, 0.15) is 0 Å². The smallest absolute Gasteiger partial charge is 0.255 e. The van der Waals surface area contributed by atoms with E-state index in [2.05, 4.69) is 6.92 Å². The van der Waals surface area contributed by atoms with Crippen molar-refractivity contribution >= 4 is 27.3 Å². The Labute approximate surface area is 124 Å². The molecule has 0 spiro atoms. The molecule has 1 fully saturated rings. The fourth-order valence-electron chi connectivity index (χ4n) is 2.28. The third kappa shape index (κ3) is 3.33. The molecule has 0 aliphatic carbocycles. The predicted molar refractivity (Wildman–Crippen MR) is 78.9 cm³/mol. The topological polar surface area (TPSA) is 54.5 Å². The Hall–Kier alpha value is -1.07. The zero-order chi connectivity index (χ0) is 14.9. The minimum Gasteiger partial charge on any atom is -0.339 e. The summed E-state index contributed by atoms with van der Waals surface area (Å²) >= 11 is 6.05. The van der Waals surface area contributed by atoms with Gasteiger partial charge >= 0.3 is 0 Å². The van der Waals surface area contributed by atoms with Crippen molar-refractivity contribution < 1.29 is 13.2 Å². The van der Waals surface area contributed by atoms with Crippen LogP contribution in [0.5, 0.6) is 0 Å². The van der Waals surface area contributed by atoms with Gasteiger partial charge < -0.3 is 4.90 Å². The SMILES string of the molecule is CC1CCN(C(=O)c2cc(S(C)(=O)=O)ccc2Cl)CC1. The van der Waals surface area contributed by atoms with E-state index < -0.39 is 9.84 Å². The van der Waals surface area contributed by atoms with Gasteiger partial charge in [-0.1, -0.05) is 18.5 Å². The lowest BCUT2D eigenvalue weighted by atomic mass is 9.98. The van der Waals surface area contributed by atoms with Gasteiger partial charge in [0.25, 0.3) is 5.91 Å². The van der Waals surface area contributed by atoms with Crippen molar-refractivity contribution in [2.24, 2.45) is 5.92 Å². The molecule has 1 saturated heterocycles. The highest BCUT2D eigenvalue weighted by Crippen LogP contribution is 2.24. The summed E-state index contributed by atoms with van der Waals surface area (Å²) < 4.78 is 23.1. The summed E-state index contributed by atoms with van der Waals surface area (Å²) in [7, 11) is -3.34. The molecule has 110 valence electrons. The number of hydrogen-bond acceptors (Lipinski definition) is 3. The molecule has 0 radical (unpaired) electrons. The molecule has 0 N–H and O–H groups in total. The van der Waals surface area contributed by atoms with E-state index in [0.29, 0.717) is 24.0 Å². The van der Waals surface area contributed by atoms with Crippen LogP contribution in [0.3, 0.4) is 0 Å². The number of halogens is 1. The van der Waals surface area contributed by atoms with Crippen molar-refractivity contribution in [2.75, 3.05) is 19.3 Å². The van der Waals surface area contributed by atoms with Crippen LogP contribution in [0.1, 0.15) is 30.1 Å². The Morgan fingerprint density at radius 3 is 2.45 bits per heavy atom. The quantitative estimate of drug-likeness (QED) is 0.843. The van der Waals surface area contributed by atoms with Crippen LogP contribution in [0.25, 0.3) is 0 Å². The van der Waals surface area contributed by atoms with Gasteiger partial charge in [-0.25, -0.2) is 8.42 Å². The summed E-state index contributed by atoms with van der Waals surface area (Å²) in [6, 6.07) is 4.27. The third-order valence-electron chi connectivity index (χ3n) is 3.67. The average molecular weight is 316 g/mol. The average Bonchev–Trinajstić information content (AvgIpc) is 2.38. The molecule has 2 rings (SSSR count). The first-order chi connectivity index (χ1) is 9.29. The van der Waals surface area contributed by atoms with Crippen molar-refractivity contribution in [2.45, 2.75) is 24.7 Å². The number of likely N-dealkylation sites (tertiary alicyclic amines) is 1. The summed E-state index contributed by atoms with van der Waals surface area (Å²) in [4.78, 5) is 14.3. The number of benzene rings is 1. The molecular formula is C14H18ClNO3S. The van der Waals surface area contributed by atoms with Crippen molar-refractivity contribution in [3.63, 3.8) is 0 Å². The van der Waals surface area contributed by atoms with Crippen LogP contribution in [-0.2, 0) is 9.84 Å². The lowest BCUT2D eigenvalue weighted by Crippen LogP contribution is -2.38. The number of nitrogens with zero attached hydrogens (tertiary/aromatic N) is 1. The first kappa shape index (κ1) is 15.3. The molecule has 1 aliphatic heterocycles. The highest BCUT2D eigenvalue weighted by Gasteiger charge is 2.24. The van der Waals surface area contributed by atoms with Crippen LogP contribution >= 0.6 is 11.6 Å². The number of amides is 1. The first-order valence-corrected chi connectivity index (χ1v) is 8.85. The van der Waals surface area contributed by atoms with Crippen molar-refractivity contribution in [1.82, 2.24) is 4.90 Å². The van der Waals surface area contributed by atoms with Gasteiger partial charge in [0.2, 0.25) is 0 Å². The summed E-state index contributed by atoms with van der Waals surface area (Å²) in [5.41, 5.74) is 0.268. The molecule has 6 heteroatoms. The zero-order valence-corrected chi connectivity index (χ0v) is 13.2.